The van der Waals surface area contributed by atoms with Crippen molar-refractivity contribution in [1.82, 2.24) is 0 Å². The van der Waals surface area contributed by atoms with Gasteiger partial charge in [-0.2, -0.15) is 11.8 Å². The smallest absolute Gasteiger partial charge is 0.142 e. The molecule has 0 bridgehead atoms. The fourth-order valence-corrected chi connectivity index (χ4v) is 1.87. The summed E-state index contributed by atoms with van der Waals surface area (Å²) in [5.74, 6) is 1.44. The maximum absolute atomic E-state index is 10.8. The van der Waals surface area contributed by atoms with Crippen molar-refractivity contribution in [3.8, 4) is 0 Å². The summed E-state index contributed by atoms with van der Waals surface area (Å²) < 4.78 is 0. The van der Waals surface area contributed by atoms with Crippen molar-refractivity contribution in [3.63, 3.8) is 0 Å². The molecule has 0 amide bonds. The first-order valence-electron chi connectivity index (χ1n) is 4.80. The maximum Gasteiger partial charge on any atom is 0.142 e. The summed E-state index contributed by atoms with van der Waals surface area (Å²) >= 11 is 1.79. The number of hydrogen-bond donors (Lipinski definition) is 0. The van der Waals surface area contributed by atoms with E-state index < -0.39 is 0 Å². The second kappa shape index (κ2) is 7.66. The van der Waals surface area contributed by atoms with E-state index in [0.29, 0.717) is 5.78 Å². The molecular formula is C10H20OS. The third-order valence-corrected chi connectivity index (χ3v) is 3.29. The molecule has 0 aliphatic rings. The summed E-state index contributed by atoms with van der Waals surface area (Å²) in [5.41, 5.74) is 0. The molecule has 0 spiro atoms. The van der Waals surface area contributed by atoms with E-state index in [2.05, 4.69) is 6.92 Å². The van der Waals surface area contributed by atoms with Gasteiger partial charge in [-0.1, -0.05) is 26.2 Å². The molecule has 0 N–H and O–H groups in total. The lowest BCUT2D eigenvalue weighted by Crippen LogP contribution is -2.08. The highest BCUT2D eigenvalue weighted by Crippen LogP contribution is 2.14. The van der Waals surface area contributed by atoms with Crippen LogP contribution in [-0.4, -0.2) is 16.8 Å². The molecular weight excluding hydrogens is 168 g/mol. The van der Waals surface area contributed by atoms with E-state index in [1.54, 1.807) is 18.7 Å². The van der Waals surface area contributed by atoms with Crippen LogP contribution in [0.5, 0.6) is 0 Å². The largest absolute Gasteiger partial charge is 0.299 e. The number of hydrogen-bond acceptors (Lipinski definition) is 2. The summed E-state index contributed by atoms with van der Waals surface area (Å²) in [6, 6.07) is 0. The minimum absolute atomic E-state index is 0.201. The van der Waals surface area contributed by atoms with Crippen molar-refractivity contribution in [2.75, 3.05) is 5.75 Å². The molecule has 12 heavy (non-hydrogen) atoms. The molecule has 0 radical (unpaired) electrons. The van der Waals surface area contributed by atoms with Crippen LogP contribution < -0.4 is 0 Å². The summed E-state index contributed by atoms with van der Waals surface area (Å²) in [5, 5.41) is 0.201. The highest BCUT2D eigenvalue weighted by Gasteiger charge is 2.06. The first-order valence-corrected chi connectivity index (χ1v) is 5.85. The van der Waals surface area contributed by atoms with Crippen molar-refractivity contribution in [2.24, 2.45) is 0 Å². The molecule has 1 atom stereocenters. The van der Waals surface area contributed by atoms with E-state index in [-0.39, 0.29) is 5.25 Å². The highest BCUT2D eigenvalue weighted by atomic mass is 32.2. The van der Waals surface area contributed by atoms with Gasteiger partial charge in [0.25, 0.3) is 0 Å². The van der Waals surface area contributed by atoms with Crippen LogP contribution in [0.4, 0.5) is 0 Å². The minimum atomic E-state index is 0.201. The normalized spacial score (nSPS) is 12.9. The summed E-state index contributed by atoms with van der Waals surface area (Å²) in [6.45, 7) is 5.88. The second-order valence-electron chi connectivity index (χ2n) is 3.18. The molecule has 0 aromatic carbocycles. The Bertz CT molecular complexity index is 123. The predicted molar refractivity (Wildman–Crippen MR) is 56.7 cm³/mol. The average Bonchev–Trinajstić information content (AvgIpc) is 2.03. The molecule has 0 rings (SSSR count). The monoisotopic (exact) mass is 188 g/mol. The SMILES string of the molecule is CCCCCCSC(C)C(C)=O. The van der Waals surface area contributed by atoms with Gasteiger partial charge < -0.3 is 0 Å². The zero-order valence-corrected chi connectivity index (χ0v) is 9.25. The molecule has 0 aliphatic heterocycles. The van der Waals surface area contributed by atoms with Crippen LogP contribution in [0.2, 0.25) is 0 Å². The Labute approximate surface area is 80.3 Å². The maximum atomic E-state index is 10.8. The van der Waals surface area contributed by atoms with Crippen molar-refractivity contribution < 1.29 is 4.79 Å². The molecule has 1 nitrogen and oxygen atoms in total. The zero-order valence-electron chi connectivity index (χ0n) is 8.43. The van der Waals surface area contributed by atoms with Crippen LogP contribution in [0.15, 0.2) is 0 Å². The van der Waals surface area contributed by atoms with Gasteiger partial charge in [0.05, 0.1) is 5.25 Å². The first kappa shape index (κ1) is 12.0. The van der Waals surface area contributed by atoms with E-state index in [0.717, 1.165) is 5.75 Å². The van der Waals surface area contributed by atoms with Gasteiger partial charge in [-0.05, 0) is 26.0 Å². The lowest BCUT2D eigenvalue weighted by atomic mass is 10.2. The van der Waals surface area contributed by atoms with E-state index in [4.69, 9.17) is 0 Å². The molecule has 1 unspecified atom stereocenters. The second-order valence-corrected chi connectivity index (χ2v) is 4.63. The van der Waals surface area contributed by atoms with Crippen LogP contribution in [0.25, 0.3) is 0 Å². The van der Waals surface area contributed by atoms with Crippen molar-refractivity contribution >= 4 is 17.5 Å². The standard InChI is InChI=1S/C10H20OS/c1-4-5-6-7-8-12-10(3)9(2)11/h10H,4-8H2,1-3H3. The summed E-state index contributed by atoms with van der Waals surface area (Å²) in [7, 11) is 0. The van der Waals surface area contributed by atoms with Gasteiger partial charge in [-0.15, -0.1) is 0 Å². The Morgan fingerprint density at radius 3 is 2.50 bits per heavy atom. The van der Waals surface area contributed by atoms with Crippen molar-refractivity contribution in [3.05, 3.63) is 0 Å². The van der Waals surface area contributed by atoms with Gasteiger partial charge in [-0.25, -0.2) is 0 Å². The van der Waals surface area contributed by atoms with Gasteiger partial charge in [0.2, 0.25) is 0 Å². The van der Waals surface area contributed by atoms with Gasteiger partial charge in [0.15, 0.2) is 0 Å². The number of Topliss-reactive ketones (excluding diaryl/α,β-unsaturated/α-hetero) is 1. The third kappa shape index (κ3) is 6.71. The number of thioether (sulfide) groups is 1. The predicted octanol–water partition coefficient (Wildman–Crippen LogP) is 3.28. The number of unbranched alkanes of at least 4 members (excludes halogenated alkanes) is 3. The summed E-state index contributed by atoms with van der Waals surface area (Å²) in [4.78, 5) is 10.8. The number of ketones is 1. The topological polar surface area (TPSA) is 17.1 Å². The average molecular weight is 188 g/mol. The molecule has 0 aromatic rings. The van der Waals surface area contributed by atoms with Crippen molar-refractivity contribution in [2.45, 2.75) is 51.7 Å². The van der Waals surface area contributed by atoms with E-state index in [9.17, 15) is 4.79 Å². The minimum Gasteiger partial charge on any atom is -0.299 e. The van der Waals surface area contributed by atoms with E-state index in [1.807, 2.05) is 6.92 Å². The zero-order chi connectivity index (χ0) is 9.40. The fraction of sp³-hybridized carbons (Fsp3) is 0.900. The molecule has 0 aromatic heterocycles. The van der Waals surface area contributed by atoms with E-state index >= 15 is 0 Å². The van der Waals surface area contributed by atoms with Crippen LogP contribution in [-0.2, 0) is 4.79 Å². The van der Waals surface area contributed by atoms with E-state index in [1.165, 1.54) is 25.7 Å². The van der Waals surface area contributed by atoms with Crippen LogP contribution >= 0.6 is 11.8 Å². The molecule has 72 valence electrons. The Balaban J connectivity index is 3.14. The van der Waals surface area contributed by atoms with Crippen LogP contribution in [0.1, 0.15) is 46.5 Å². The fourth-order valence-electron chi connectivity index (χ4n) is 0.906. The Morgan fingerprint density at radius 2 is 2.00 bits per heavy atom. The summed E-state index contributed by atoms with van der Waals surface area (Å²) in [6.07, 6.45) is 5.19. The lowest BCUT2D eigenvalue weighted by molar-refractivity contribution is -0.116. The molecule has 0 fully saturated rings. The molecule has 0 aliphatic carbocycles. The van der Waals surface area contributed by atoms with Gasteiger partial charge >= 0.3 is 0 Å². The molecule has 0 saturated heterocycles. The van der Waals surface area contributed by atoms with Crippen molar-refractivity contribution in [1.29, 1.82) is 0 Å². The van der Waals surface area contributed by atoms with Gasteiger partial charge in [0, 0.05) is 0 Å². The highest BCUT2D eigenvalue weighted by molar-refractivity contribution is 8.00. The molecule has 0 saturated carbocycles. The Hall–Kier alpha value is 0.0200. The van der Waals surface area contributed by atoms with Gasteiger partial charge in [0.1, 0.15) is 5.78 Å². The Morgan fingerprint density at radius 1 is 1.33 bits per heavy atom. The van der Waals surface area contributed by atoms with Crippen LogP contribution in [0.3, 0.4) is 0 Å². The number of carbonyl (C=O) groups is 1. The third-order valence-electron chi connectivity index (χ3n) is 1.94. The Kier molecular flexibility index (Phi) is 7.67. The van der Waals surface area contributed by atoms with Crippen LogP contribution in [0, 0.1) is 0 Å². The molecule has 0 heterocycles. The van der Waals surface area contributed by atoms with Gasteiger partial charge in [-0.3, -0.25) is 4.79 Å². The molecule has 2 heteroatoms. The quantitative estimate of drug-likeness (QED) is 0.570. The number of rotatable bonds is 7. The lowest BCUT2D eigenvalue weighted by Gasteiger charge is -2.05. The first-order chi connectivity index (χ1) is 5.68. The number of carbonyl (C=O) groups excluding carboxylic acids is 1.